The molecule has 0 fully saturated rings. The van der Waals surface area contributed by atoms with Gasteiger partial charge in [0.2, 0.25) is 0 Å². The quantitative estimate of drug-likeness (QED) is 0.431. The van der Waals surface area contributed by atoms with Crippen molar-refractivity contribution in [1.82, 2.24) is 4.98 Å². The first-order chi connectivity index (χ1) is 12.9. The molecule has 0 saturated heterocycles. The zero-order valence-corrected chi connectivity index (χ0v) is 14.6. The van der Waals surface area contributed by atoms with Crippen LogP contribution in [0, 0.1) is 0 Å². The highest BCUT2D eigenvalue weighted by atomic mass is 14.7. The van der Waals surface area contributed by atoms with Crippen molar-refractivity contribution in [3.05, 3.63) is 89.1 Å². The molecule has 0 amide bonds. The Bertz CT molecular complexity index is 1130. The zero-order valence-electron chi connectivity index (χ0n) is 14.6. The summed E-state index contributed by atoms with van der Waals surface area (Å²) in [5.41, 5.74) is 11.5. The van der Waals surface area contributed by atoms with Gasteiger partial charge in [-0.05, 0) is 82.6 Å². The highest BCUT2D eigenvalue weighted by Crippen LogP contribution is 2.44. The van der Waals surface area contributed by atoms with Gasteiger partial charge in [0.25, 0.3) is 0 Å². The molecule has 2 aliphatic rings. The molecule has 4 aromatic rings. The molecule has 3 aromatic carbocycles. The third-order valence-corrected chi connectivity index (χ3v) is 6.06. The van der Waals surface area contributed by atoms with Crippen LogP contribution >= 0.6 is 0 Å². The SMILES string of the molecule is c1cc2c3c(c1)CCc1cc(-c4nccc5ccccc45)cc(c1-3)CC2. The first kappa shape index (κ1) is 14.3. The van der Waals surface area contributed by atoms with E-state index in [9.17, 15) is 0 Å². The van der Waals surface area contributed by atoms with Crippen molar-refractivity contribution in [3.63, 3.8) is 0 Å². The molecule has 0 saturated carbocycles. The van der Waals surface area contributed by atoms with Crippen molar-refractivity contribution < 1.29 is 0 Å². The molecule has 2 aliphatic carbocycles. The summed E-state index contributed by atoms with van der Waals surface area (Å²) < 4.78 is 0. The normalized spacial score (nSPS) is 14.3. The van der Waals surface area contributed by atoms with Crippen LogP contribution in [0.4, 0.5) is 0 Å². The Hall–Kier alpha value is -2.93. The number of fused-ring (bicyclic) bond motifs is 1. The van der Waals surface area contributed by atoms with Gasteiger partial charge in [-0.3, -0.25) is 4.98 Å². The van der Waals surface area contributed by atoms with Crippen molar-refractivity contribution in [2.24, 2.45) is 0 Å². The minimum Gasteiger partial charge on any atom is -0.256 e. The molecule has 1 heteroatoms. The van der Waals surface area contributed by atoms with Gasteiger partial charge in [-0.15, -0.1) is 0 Å². The summed E-state index contributed by atoms with van der Waals surface area (Å²) in [6, 6.07) is 22.3. The Morgan fingerprint density at radius 2 is 1.27 bits per heavy atom. The van der Waals surface area contributed by atoms with E-state index in [0.717, 1.165) is 31.4 Å². The number of pyridine rings is 1. The minimum atomic E-state index is 1.12. The number of hydrogen-bond donors (Lipinski definition) is 0. The van der Waals surface area contributed by atoms with Crippen LogP contribution in [0.25, 0.3) is 33.2 Å². The van der Waals surface area contributed by atoms with Crippen molar-refractivity contribution in [1.29, 1.82) is 0 Å². The molecule has 0 unspecified atom stereocenters. The Labute approximate surface area is 153 Å². The molecule has 0 radical (unpaired) electrons. The van der Waals surface area contributed by atoms with Crippen LogP contribution in [-0.4, -0.2) is 4.98 Å². The highest BCUT2D eigenvalue weighted by Gasteiger charge is 2.26. The van der Waals surface area contributed by atoms with Crippen LogP contribution in [0.15, 0.2) is 66.9 Å². The topological polar surface area (TPSA) is 12.9 Å². The summed E-state index contributed by atoms with van der Waals surface area (Å²) >= 11 is 0. The van der Waals surface area contributed by atoms with Gasteiger partial charge in [0.05, 0.1) is 5.69 Å². The number of hydrogen-bond acceptors (Lipinski definition) is 1. The molecule has 0 aliphatic heterocycles. The Balaban J connectivity index is 1.63. The fraction of sp³-hybridized carbons (Fsp3) is 0.160. The molecular formula is C25H19N. The van der Waals surface area contributed by atoms with Gasteiger partial charge < -0.3 is 0 Å². The fourth-order valence-corrected chi connectivity index (χ4v) is 4.90. The number of nitrogens with zero attached hydrogens (tertiary/aromatic N) is 1. The second-order valence-corrected chi connectivity index (χ2v) is 7.50. The third-order valence-electron chi connectivity index (χ3n) is 6.06. The van der Waals surface area contributed by atoms with E-state index < -0.39 is 0 Å². The monoisotopic (exact) mass is 333 g/mol. The molecule has 0 atom stereocenters. The lowest BCUT2D eigenvalue weighted by molar-refractivity contribution is 0.877. The number of benzene rings is 3. The largest absolute Gasteiger partial charge is 0.256 e. The molecule has 1 nitrogen and oxygen atoms in total. The first-order valence-electron chi connectivity index (χ1n) is 9.49. The van der Waals surface area contributed by atoms with E-state index in [1.165, 1.54) is 49.7 Å². The van der Waals surface area contributed by atoms with Crippen LogP contribution in [0.1, 0.15) is 22.3 Å². The average Bonchev–Trinajstić information content (AvgIpc) is 2.71. The third kappa shape index (κ3) is 1.94. The van der Waals surface area contributed by atoms with E-state index in [1.54, 1.807) is 0 Å². The number of aryl methyl sites for hydroxylation is 4. The van der Waals surface area contributed by atoms with Gasteiger partial charge in [-0.2, -0.15) is 0 Å². The fourth-order valence-electron chi connectivity index (χ4n) is 4.90. The molecule has 1 heterocycles. The Morgan fingerprint density at radius 3 is 2.04 bits per heavy atom. The number of aromatic nitrogens is 1. The lowest BCUT2D eigenvalue weighted by Crippen LogP contribution is -2.14. The lowest BCUT2D eigenvalue weighted by atomic mass is 9.74. The maximum absolute atomic E-state index is 4.76. The summed E-state index contributed by atoms with van der Waals surface area (Å²) in [4.78, 5) is 4.76. The molecule has 26 heavy (non-hydrogen) atoms. The van der Waals surface area contributed by atoms with Gasteiger partial charge in [0.15, 0.2) is 0 Å². The van der Waals surface area contributed by atoms with Crippen LogP contribution in [0.5, 0.6) is 0 Å². The van der Waals surface area contributed by atoms with Crippen LogP contribution in [0.2, 0.25) is 0 Å². The predicted octanol–water partition coefficient (Wildman–Crippen LogP) is 5.77. The van der Waals surface area contributed by atoms with Gasteiger partial charge in [-0.25, -0.2) is 0 Å². The van der Waals surface area contributed by atoms with Gasteiger partial charge >= 0.3 is 0 Å². The summed E-state index contributed by atoms with van der Waals surface area (Å²) in [6.07, 6.45) is 6.52. The van der Waals surface area contributed by atoms with Crippen molar-refractivity contribution >= 4 is 10.8 Å². The molecule has 1 aromatic heterocycles. The second-order valence-electron chi connectivity index (χ2n) is 7.50. The van der Waals surface area contributed by atoms with Crippen LogP contribution in [-0.2, 0) is 25.7 Å². The summed E-state index contributed by atoms with van der Waals surface area (Å²) in [7, 11) is 0. The van der Waals surface area contributed by atoms with Crippen molar-refractivity contribution in [2.45, 2.75) is 25.7 Å². The minimum absolute atomic E-state index is 1.12. The molecule has 0 spiro atoms. The van der Waals surface area contributed by atoms with E-state index >= 15 is 0 Å². The van der Waals surface area contributed by atoms with E-state index in [2.05, 4.69) is 60.7 Å². The molecule has 0 N–H and O–H groups in total. The second kappa shape index (κ2) is 5.28. The van der Waals surface area contributed by atoms with E-state index in [-0.39, 0.29) is 0 Å². The van der Waals surface area contributed by atoms with Crippen LogP contribution < -0.4 is 0 Å². The molecular weight excluding hydrogens is 314 g/mol. The Kier molecular flexibility index (Phi) is 2.90. The first-order valence-corrected chi connectivity index (χ1v) is 9.49. The van der Waals surface area contributed by atoms with Crippen LogP contribution in [0.3, 0.4) is 0 Å². The zero-order chi connectivity index (χ0) is 17.1. The lowest BCUT2D eigenvalue weighted by Gasteiger charge is -2.30. The van der Waals surface area contributed by atoms with Gasteiger partial charge in [-0.1, -0.05) is 42.5 Å². The summed E-state index contributed by atoms with van der Waals surface area (Å²) in [5, 5.41) is 2.51. The predicted molar refractivity (Wildman–Crippen MR) is 107 cm³/mol. The molecule has 6 rings (SSSR count). The maximum atomic E-state index is 4.76. The van der Waals surface area contributed by atoms with E-state index in [0.29, 0.717) is 0 Å². The molecule has 124 valence electrons. The molecule has 0 bridgehead atoms. The average molecular weight is 333 g/mol. The highest BCUT2D eigenvalue weighted by molar-refractivity contribution is 5.95. The van der Waals surface area contributed by atoms with Crippen molar-refractivity contribution in [3.8, 4) is 22.4 Å². The smallest absolute Gasteiger partial charge is 0.0780 e. The standard InChI is InChI=1S/C25H19N/c1-2-7-22-16(4-1)12-13-26-25(22)21-14-19-10-8-17-5-3-6-18-9-11-20(15-21)24(19)23(17)18/h1-7,12-15H,8-11H2. The van der Waals surface area contributed by atoms with E-state index in [4.69, 9.17) is 4.98 Å². The summed E-state index contributed by atoms with van der Waals surface area (Å²) in [6.45, 7) is 0. The van der Waals surface area contributed by atoms with Crippen molar-refractivity contribution in [2.75, 3.05) is 0 Å². The summed E-state index contributed by atoms with van der Waals surface area (Å²) in [5.74, 6) is 0. The number of rotatable bonds is 1. The van der Waals surface area contributed by atoms with Gasteiger partial charge in [0, 0.05) is 17.1 Å². The van der Waals surface area contributed by atoms with Gasteiger partial charge in [0.1, 0.15) is 0 Å². The maximum Gasteiger partial charge on any atom is 0.0780 e. The van der Waals surface area contributed by atoms with E-state index in [1.807, 2.05) is 6.20 Å². The Morgan fingerprint density at radius 1 is 0.615 bits per heavy atom.